The molecule has 0 radical (unpaired) electrons. The van der Waals surface area contributed by atoms with Gasteiger partial charge in [0.05, 0.1) is 4.88 Å². The fraction of sp³-hybridized carbons (Fsp3) is 0.0500. The number of hydrogen-bond donors (Lipinski definition) is 3. The maximum absolute atomic E-state index is 12.4. The second kappa shape index (κ2) is 9.63. The van der Waals surface area contributed by atoms with E-state index in [2.05, 4.69) is 16.2 Å². The summed E-state index contributed by atoms with van der Waals surface area (Å²) in [6, 6.07) is 20.0. The summed E-state index contributed by atoms with van der Waals surface area (Å²) in [5.41, 5.74) is 6.36. The van der Waals surface area contributed by atoms with Gasteiger partial charge in [0.2, 0.25) is 0 Å². The number of hydrazine groups is 1. The zero-order valence-electron chi connectivity index (χ0n) is 14.7. The first-order valence-electron chi connectivity index (χ1n) is 8.34. The lowest BCUT2D eigenvalue weighted by atomic mass is 10.2. The van der Waals surface area contributed by atoms with Crippen LogP contribution in [0.3, 0.4) is 0 Å². The van der Waals surface area contributed by atoms with Crippen LogP contribution in [-0.2, 0) is 6.61 Å². The second-order valence-corrected chi connectivity index (χ2v) is 7.00. The molecule has 0 atom stereocenters. The highest BCUT2D eigenvalue weighted by atomic mass is 32.1. The maximum atomic E-state index is 12.4. The van der Waals surface area contributed by atoms with Gasteiger partial charge in [0.15, 0.2) is 5.11 Å². The molecule has 0 fully saturated rings. The number of hydrogen-bond acceptors (Lipinski definition) is 5. The minimum Gasteiger partial charge on any atom is -0.489 e. The number of ether oxygens (including phenoxy) is 1. The Morgan fingerprint density at radius 3 is 2.50 bits per heavy atom. The van der Waals surface area contributed by atoms with Crippen LogP contribution in [0.25, 0.3) is 0 Å². The van der Waals surface area contributed by atoms with Crippen molar-refractivity contribution in [2.75, 3.05) is 0 Å². The third-order valence-corrected chi connectivity index (χ3v) is 4.68. The summed E-state index contributed by atoms with van der Waals surface area (Å²) in [6.45, 7) is 0.403. The first-order valence-corrected chi connectivity index (χ1v) is 9.62. The second-order valence-electron chi connectivity index (χ2n) is 5.64. The molecule has 28 heavy (non-hydrogen) atoms. The molecule has 3 aromatic rings. The number of amides is 2. The monoisotopic (exact) mass is 411 g/mol. The molecular weight excluding hydrogens is 394 g/mol. The van der Waals surface area contributed by atoms with E-state index in [9.17, 15) is 9.59 Å². The van der Waals surface area contributed by atoms with E-state index < -0.39 is 5.91 Å². The first-order chi connectivity index (χ1) is 13.6. The van der Waals surface area contributed by atoms with E-state index in [1.807, 2.05) is 30.3 Å². The zero-order chi connectivity index (χ0) is 19.8. The van der Waals surface area contributed by atoms with Crippen molar-refractivity contribution in [2.24, 2.45) is 0 Å². The van der Waals surface area contributed by atoms with Gasteiger partial charge in [-0.25, -0.2) is 0 Å². The predicted molar refractivity (Wildman–Crippen MR) is 112 cm³/mol. The van der Waals surface area contributed by atoms with Gasteiger partial charge in [0, 0.05) is 5.56 Å². The lowest BCUT2D eigenvalue weighted by Crippen LogP contribution is -2.48. The summed E-state index contributed by atoms with van der Waals surface area (Å²) < 4.78 is 5.72. The van der Waals surface area contributed by atoms with Gasteiger partial charge >= 0.3 is 0 Å². The molecule has 142 valence electrons. The van der Waals surface area contributed by atoms with Crippen molar-refractivity contribution in [2.45, 2.75) is 6.61 Å². The van der Waals surface area contributed by atoms with E-state index in [4.69, 9.17) is 17.0 Å². The average Bonchev–Trinajstić information content (AvgIpc) is 3.26. The van der Waals surface area contributed by atoms with Crippen molar-refractivity contribution in [1.82, 2.24) is 16.2 Å². The summed E-state index contributed by atoms with van der Waals surface area (Å²) in [5.74, 6) is -0.169. The van der Waals surface area contributed by atoms with Crippen LogP contribution in [0.4, 0.5) is 0 Å². The molecule has 0 aliphatic rings. The Hall–Kier alpha value is -3.23. The van der Waals surface area contributed by atoms with E-state index in [-0.39, 0.29) is 11.0 Å². The maximum Gasteiger partial charge on any atom is 0.279 e. The number of thiophene rings is 1. The molecule has 0 saturated heterocycles. The van der Waals surface area contributed by atoms with E-state index >= 15 is 0 Å². The molecule has 0 aliphatic carbocycles. The molecule has 3 N–H and O–H groups in total. The van der Waals surface area contributed by atoms with E-state index in [1.54, 1.807) is 41.8 Å². The first kappa shape index (κ1) is 19.5. The van der Waals surface area contributed by atoms with Crippen LogP contribution in [0.5, 0.6) is 5.75 Å². The molecule has 0 aliphatic heterocycles. The van der Waals surface area contributed by atoms with Crippen molar-refractivity contribution in [3.05, 3.63) is 88.1 Å². The van der Waals surface area contributed by atoms with Crippen molar-refractivity contribution >= 4 is 40.5 Å². The minimum atomic E-state index is -0.409. The number of benzene rings is 2. The summed E-state index contributed by atoms with van der Waals surface area (Å²) in [4.78, 5) is 24.7. The van der Waals surface area contributed by atoms with Gasteiger partial charge in [-0.05, 0) is 47.4 Å². The van der Waals surface area contributed by atoms with Crippen LogP contribution in [0.1, 0.15) is 25.6 Å². The summed E-state index contributed by atoms with van der Waals surface area (Å²) in [5, 5.41) is 4.30. The highest BCUT2D eigenvalue weighted by molar-refractivity contribution is 7.80. The third kappa shape index (κ3) is 5.63. The molecule has 1 aromatic heterocycles. The summed E-state index contributed by atoms with van der Waals surface area (Å²) >= 11 is 6.34. The molecule has 6 nitrogen and oxygen atoms in total. The van der Waals surface area contributed by atoms with Crippen molar-refractivity contribution in [3.8, 4) is 5.75 Å². The molecule has 2 amide bonds. The number of nitrogens with one attached hydrogen (secondary N) is 3. The van der Waals surface area contributed by atoms with Gasteiger partial charge < -0.3 is 4.74 Å². The van der Waals surface area contributed by atoms with Crippen LogP contribution in [0, 0.1) is 0 Å². The number of carbonyl (C=O) groups excluding carboxylic acids is 2. The molecule has 0 bridgehead atoms. The molecule has 0 spiro atoms. The summed E-state index contributed by atoms with van der Waals surface area (Å²) in [6.07, 6.45) is 0. The van der Waals surface area contributed by atoms with Crippen LogP contribution < -0.4 is 20.9 Å². The van der Waals surface area contributed by atoms with Gasteiger partial charge in [-0.15, -0.1) is 11.3 Å². The number of thiocarbonyl (C=S) groups is 1. The molecule has 0 saturated carbocycles. The fourth-order valence-electron chi connectivity index (χ4n) is 2.26. The fourth-order valence-corrected chi connectivity index (χ4v) is 3.02. The lowest BCUT2D eigenvalue weighted by molar-refractivity contribution is 0.0938. The van der Waals surface area contributed by atoms with Gasteiger partial charge in [0.1, 0.15) is 12.4 Å². The van der Waals surface area contributed by atoms with Crippen molar-refractivity contribution in [3.63, 3.8) is 0 Å². The van der Waals surface area contributed by atoms with Crippen LogP contribution in [0.2, 0.25) is 0 Å². The summed E-state index contributed by atoms with van der Waals surface area (Å²) in [7, 11) is 0. The number of carbonyl (C=O) groups is 2. The van der Waals surface area contributed by atoms with Crippen molar-refractivity contribution < 1.29 is 14.3 Å². The quantitative estimate of drug-likeness (QED) is 0.444. The topological polar surface area (TPSA) is 79.5 Å². The van der Waals surface area contributed by atoms with E-state index in [1.165, 1.54) is 11.3 Å². The Bertz CT molecular complexity index is 960. The highest BCUT2D eigenvalue weighted by Crippen LogP contribution is 2.15. The number of rotatable bonds is 5. The average molecular weight is 412 g/mol. The lowest BCUT2D eigenvalue weighted by Gasteiger charge is -2.11. The van der Waals surface area contributed by atoms with E-state index in [0.29, 0.717) is 22.8 Å². The molecular formula is C20H17N3O3S2. The minimum absolute atomic E-state index is 0.00878. The zero-order valence-corrected chi connectivity index (χ0v) is 16.3. The Labute approximate surface area is 171 Å². The van der Waals surface area contributed by atoms with Crippen LogP contribution in [0.15, 0.2) is 72.1 Å². The molecule has 8 heteroatoms. The van der Waals surface area contributed by atoms with E-state index in [0.717, 1.165) is 5.56 Å². The van der Waals surface area contributed by atoms with Gasteiger partial charge in [0.25, 0.3) is 11.8 Å². The van der Waals surface area contributed by atoms with Gasteiger partial charge in [-0.1, -0.05) is 42.5 Å². The normalized spacial score (nSPS) is 10.0. The SMILES string of the molecule is O=C(NC(=S)NNC(=O)c1cccs1)c1cccc(OCc2ccccc2)c1. The molecule has 3 rings (SSSR count). The molecule has 0 unspecified atom stereocenters. The highest BCUT2D eigenvalue weighted by Gasteiger charge is 2.11. The standard InChI is InChI=1S/C20H17N3O3S2/c24-18(21-20(27)23-22-19(25)17-10-5-11-28-17)15-8-4-9-16(12-15)26-13-14-6-2-1-3-7-14/h1-12H,13H2,(H,22,25)(H2,21,23,24,27). The molecule has 2 aromatic carbocycles. The molecule has 1 heterocycles. The largest absolute Gasteiger partial charge is 0.489 e. The van der Waals surface area contributed by atoms with Crippen molar-refractivity contribution in [1.29, 1.82) is 0 Å². The Kier molecular flexibility index (Phi) is 6.72. The Morgan fingerprint density at radius 1 is 0.929 bits per heavy atom. The predicted octanol–water partition coefficient (Wildman–Crippen LogP) is 3.28. The van der Waals surface area contributed by atoms with Gasteiger partial charge in [-0.3, -0.25) is 25.8 Å². The van der Waals surface area contributed by atoms with Crippen LogP contribution in [-0.4, -0.2) is 16.9 Å². The Balaban J connectivity index is 1.51. The Morgan fingerprint density at radius 2 is 1.75 bits per heavy atom. The van der Waals surface area contributed by atoms with Gasteiger partial charge in [-0.2, -0.15) is 0 Å². The smallest absolute Gasteiger partial charge is 0.279 e. The third-order valence-electron chi connectivity index (χ3n) is 3.61. The van der Waals surface area contributed by atoms with Crippen LogP contribution >= 0.6 is 23.6 Å².